The predicted octanol–water partition coefficient (Wildman–Crippen LogP) is 2.44. The maximum absolute atomic E-state index is 14.0. The summed E-state index contributed by atoms with van der Waals surface area (Å²) in [6, 6.07) is 2.00. The second-order valence-corrected chi connectivity index (χ2v) is 7.23. The number of methoxy groups -OCH3 is 2. The van der Waals surface area contributed by atoms with Crippen molar-refractivity contribution in [2.24, 2.45) is 5.41 Å². The molecule has 0 N–H and O–H groups in total. The predicted molar refractivity (Wildman–Crippen MR) is 95.9 cm³/mol. The molecular formula is C18H18F2N6O2. The van der Waals surface area contributed by atoms with Gasteiger partial charge in [-0.15, -0.1) is 0 Å². The van der Waals surface area contributed by atoms with Gasteiger partial charge in [0, 0.05) is 38.1 Å². The molecule has 8 nitrogen and oxygen atoms in total. The average molecular weight is 388 g/mol. The summed E-state index contributed by atoms with van der Waals surface area (Å²) in [6.07, 6.45) is 5.44. The maximum atomic E-state index is 14.0. The van der Waals surface area contributed by atoms with E-state index in [2.05, 4.69) is 20.1 Å². The van der Waals surface area contributed by atoms with Crippen molar-refractivity contribution in [3.63, 3.8) is 0 Å². The van der Waals surface area contributed by atoms with E-state index in [4.69, 9.17) is 9.47 Å². The molecule has 28 heavy (non-hydrogen) atoms. The highest BCUT2D eigenvalue weighted by Crippen LogP contribution is 2.59. The van der Waals surface area contributed by atoms with E-state index in [9.17, 15) is 8.78 Å². The van der Waals surface area contributed by atoms with Crippen LogP contribution in [-0.4, -0.2) is 57.8 Å². The van der Waals surface area contributed by atoms with Crippen LogP contribution in [0.1, 0.15) is 12.8 Å². The minimum absolute atomic E-state index is 0.0262. The Kier molecular flexibility index (Phi) is 3.49. The fourth-order valence-corrected chi connectivity index (χ4v) is 3.96. The zero-order valence-electron chi connectivity index (χ0n) is 15.4. The molecule has 1 saturated carbocycles. The van der Waals surface area contributed by atoms with Gasteiger partial charge >= 0.3 is 6.01 Å². The lowest BCUT2D eigenvalue weighted by Crippen LogP contribution is -2.70. The van der Waals surface area contributed by atoms with Gasteiger partial charge in [-0.3, -0.25) is 0 Å². The van der Waals surface area contributed by atoms with Gasteiger partial charge in [-0.25, -0.2) is 23.3 Å². The topological polar surface area (TPSA) is 77.7 Å². The number of alkyl halides is 2. The summed E-state index contributed by atoms with van der Waals surface area (Å²) in [4.78, 5) is 14.6. The Morgan fingerprint density at radius 2 is 1.93 bits per heavy atom. The fraction of sp³-hybridized carbons (Fsp3) is 0.444. The molecule has 0 atom stereocenters. The van der Waals surface area contributed by atoms with Gasteiger partial charge in [0.15, 0.2) is 5.65 Å². The smallest absolute Gasteiger partial charge is 0.319 e. The van der Waals surface area contributed by atoms with E-state index in [1.54, 1.807) is 23.1 Å². The molecule has 0 radical (unpaired) electrons. The van der Waals surface area contributed by atoms with Crippen LogP contribution in [0, 0.1) is 5.41 Å². The molecule has 1 spiro atoms. The zero-order chi connectivity index (χ0) is 19.5. The van der Waals surface area contributed by atoms with Gasteiger partial charge in [0.05, 0.1) is 30.9 Å². The van der Waals surface area contributed by atoms with Crippen molar-refractivity contribution in [1.29, 1.82) is 0 Å². The standard InChI is InChI=1S/C18H18F2N6O2/c1-27-15-11(8-22-16(23-15)28-2)12-7-13(14-21-5-6-26(14)24-12)25-9-17(10-25)3-4-18(17,19)20/h5-8H,3-4,9-10H2,1-2H3. The van der Waals surface area contributed by atoms with Gasteiger partial charge in [-0.2, -0.15) is 10.1 Å². The van der Waals surface area contributed by atoms with E-state index >= 15 is 0 Å². The van der Waals surface area contributed by atoms with Crippen LogP contribution in [-0.2, 0) is 0 Å². The van der Waals surface area contributed by atoms with Gasteiger partial charge in [-0.05, 0) is 12.5 Å². The molecular weight excluding hydrogens is 370 g/mol. The number of anilines is 1. The summed E-state index contributed by atoms with van der Waals surface area (Å²) < 4.78 is 40.0. The highest BCUT2D eigenvalue weighted by molar-refractivity contribution is 5.77. The van der Waals surface area contributed by atoms with Gasteiger partial charge in [0.1, 0.15) is 5.69 Å². The number of rotatable bonds is 4. The molecule has 1 saturated heterocycles. The Morgan fingerprint density at radius 1 is 1.11 bits per heavy atom. The molecule has 3 aromatic rings. The van der Waals surface area contributed by atoms with Crippen molar-refractivity contribution in [2.75, 3.05) is 32.2 Å². The summed E-state index contributed by atoms with van der Waals surface area (Å²) in [7, 11) is 2.97. The third-order valence-corrected chi connectivity index (χ3v) is 5.74. The Bertz CT molecular complexity index is 1060. The largest absolute Gasteiger partial charge is 0.480 e. The quantitative estimate of drug-likeness (QED) is 0.679. The molecule has 1 aliphatic heterocycles. The van der Waals surface area contributed by atoms with Crippen molar-refractivity contribution in [2.45, 2.75) is 18.8 Å². The Labute approximate surface area is 159 Å². The number of fused-ring (bicyclic) bond motifs is 1. The lowest BCUT2D eigenvalue weighted by atomic mass is 9.60. The molecule has 4 heterocycles. The zero-order valence-corrected chi connectivity index (χ0v) is 15.4. The number of halogens is 2. The molecule has 1 aliphatic carbocycles. The highest BCUT2D eigenvalue weighted by Gasteiger charge is 2.67. The number of hydrogen-bond acceptors (Lipinski definition) is 7. The fourth-order valence-electron chi connectivity index (χ4n) is 3.96. The van der Waals surface area contributed by atoms with E-state index in [-0.39, 0.29) is 12.4 Å². The first-order chi connectivity index (χ1) is 13.5. The molecule has 2 aliphatic rings. The summed E-state index contributed by atoms with van der Waals surface area (Å²) in [5.74, 6) is -2.27. The Balaban J connectivity index is 1.56. The van der Waals surface area contributed by atoms with Crippen LogP contribution < -0.4 is 14.4 Å². The Hall–Kier alpha value is -3.04. The third-order valence-electron chi connectivity index (χ3n) is 5.74. The minimum Gasteiger partial charge on any atom is -0.480 e. The molecule has 0 aromatic carbocycles. The third kappa shape index (κ3) is 2.26. The summed E-state index contributed by atoms with van der Waals surface area (Å²) in [5, 5.41) is 4.55. The average Bonchev–Trinajstić information content (AvgIpc) is 3.14. The van der Waals surface area contributed by atoms with Crippen LogP contribution in [0.25, 0.3) is 16.9 Å². The second-order valence-electron chi connectivity index (χ2n) is 7.23. The van der Waals surface area contributed by atoms with E-state index in [0.29, 0.717) is 42.3 Å². The molecule has 0 bridgehead atoms. The van der Waals surface area contributed by atoms with Crippen molar-refractivity contribution >= 4 is 11.3 Å². The van der Waals surface area contributed by atoms with Crippen molar-refractivity contribution in [3.8, 4) is 23.1 Å². The molecule has 3 aromatic heterocycles. The van der Waals surface area contributed by atoms with Gasteiger partial charge in [-0.1, -0.05) is 0 Å². The van der Waals surface area contributed by atoms with E-state index < -0.39 is 11.3 Å². The molecule has 10 heteroatoms. The van der Waals surface area contributed by atoms with Gasteiger partial charge < -0.3 is 14.4 Å². The lowest BCUT2D eigenvalue weighted by Gasteiger charge is -2.60. The van der Waals surface area contributed by atoms with Gasteiger partial charge in [0.25, 0.3) is 5.92 Å². The Morgan fingerprint density at radius 3 is 2.57 bits per heavy atom. The minimum atomic E-state index is -2.59. The molecule has 0 unspecified atom stereocenters. The van der Waals surface area contributed by atoms with Crippen LogP contribution in [0.5, 0.6) is 11.9 Å². The number of imidazole rings is 1. The van der Waals surface area contributed by atoms with Crippen molar-refractivity contribution in [1.82, 2.24) is 24.6 Å². The van der Waals surface area contributed by atoms with Gasteiger partial charge in [0.2, 0.25) is 5.88 Å². The highest BCUT2D eigenvalue weighted by atomic mass is 19.3. The number of nitrogens with zero attached hydrogens (tertiary/aromatic N) is 6. The van der Waals surface area contributed by atoms with E-state index in [1.165, 1.54) is 14.2 Å². The maximum Gasteiger partial charge on any atom is 0.319 e. The van der Waals surface area contributed by atoms with E-state index in [1.807, 2.05) is 11.0 Å². The summed E-state index contributed by atoms with van der Waals surface area (Å²) >= 11 is 0. The molecule has 146 valence electrons. The monoisotopic (exact) mass is 388 g/mol. The first-order valence-corrected chi connectivity index (χ1v) is 8.89. The van der Waals surface area contributed by atoms with Crippen LogP contribution in [0.4, 0.5) is 14.5 Å². The van der Waals surface area contributed by atoms with E-state index in [0.717, 1.165) is 5.69 Å². The SMILES string of the molecule is COc1ncc(-c2cc(N3CC4(CCC4(F)F)C3)c3nccn3n2)c(OC)n1. The number of aromatic nitrogens is 5. The number of hydrogen-bond donors (Lipinski definition) is 0. The van der Waals surface area contributed by atoms with Crippen LogP contribution in [0.2, 0.25) is 0 Å². The van der Waals surface area contributed by atoms with Crippen molar-refractivity contribution in [3.05, 3.63) is 24.7 Å². The molecule has 5 rings (SSSR count). The van der Waals surface area contributed by atoms with Crippen molar-refractivity contribution < 1.29 is 18.3 Å². The second kappa shape index (κ2) is 5.73. The van der Waals surface area contributed by atoms with Crippen LogP contribution in [0.15, 0.2) is 24.7 Å². The van der Waals surface area contributed by atoms with Crippen LogP contribution in [0.3, 0.4) is 0 Å². The van der Waals surface area contributed by atoms with Crippen LogP contribution >= 0.6 is 0 Å². The molecule has 0 amide bonds. The summed E-state index contributed by atoms with van der Waals surface area (Å²) in [6.45, 7) is 0.616. The first-order valence-electron chi connectivity index (χ1n) is 8.89. The lowest BCUT2D eigenvalue weighted by molar-refractivity contribution is -0.212. The number of ether oxygens (including phenoxy) is 2. The molecule has 2 fully saturated rings. The summed E-state index contributed by atoms with van der Waals surface area (Å²) in [5.41, 5.74) is 1.60. The normalized spacial score (nSPS) is 19.4. The first kappa shape index (κ1) is 17.1.